The number of hydrogen-bond donors (Lipinski definition) is 0. The molecule has 0 saturated carbocycles. The summed E-state index contributed by atoms with van der Waals surface area (Å²) in [5.74, 6) is 3.13. The molecular weight excluding hydrogens is 322 g/mol. The van der Waals surface area contributed by atoms with E-state index in [0.717, 1.165) is 36.8 Å². The molecule has 136 valence electrons. The van der Waals surface area contributed by atoms with E-state index in [-0.39, 0.29) is 5.41 Å². The molecule has 1 saturated heterocycles. The first kappa shape index (κ1) is 17.0. The van der Waals surface area contributed by atoms with Gasteiger partial charge in [-0.2, -0.15) is 4.52 Å². The van der Waals surface area contributed by atoms with Gasteiger partial charge in [0, 0.05) is 18.5 Å². The van der Waals surface area contributed by atoms with Crippen molar-refractivity contribution in [2.75, 3.05) is 18.0 Å². The molecule has 0 spiro atoms. The van der Waals surface area contributed by atoms with Crippen molar-refractivity contribution in [2.24, 2.45) is 5.92 Å². The zero-order chi connectivity index (χ0) is 18.3. The molecule has 0 N–H and O–H groups in total. The van der Waals surface area contributed by atoms with Crippen LogP contribution in [0.25, 0.3) is 5.65 Å². The van der Waals surface area contributed by atoms with Crippen LogP contribution in [0.2, 0.25) is 0 Å². The van der Waals surface area contributed by atoms with E-state index >= 15 is 0 Å². The largest absolute Gasteiger partial charge is 0.355 e. The summed E-state index contributed by atoms with van der Waals surface area (Å²) in [5.41, 5.74) is 2.18. The fraction of sp³-hybridized carbons (Fsp3) is 0.476. The minimum absolute atomic E-state index is 0.0847. The Kier molecular flexibility index (Phi) is 4.17. The lowest BCUT2D eigenvalue weighted by atomic mass is 9.81. The molecule has 0 bridgehead atoms. The van der Waals surface area contributed by atoms with Crippen molar-refractivity contribution in [1.29, 1.82) is 0 Å². The van der Waals surface area contributed by atoms with Gasteiger partial charge in [-0.25, -0.2) is 0 Å². The summed E-state index contributed by atoms with van der Waals surface area (Å²) < 4.78 is 1.91. The molecule has 2 aromatic heterocycles. The van der Waals surface area contributed by atoms with Crippen molar-refractivity contribution in [3.63, 3.8) is 0 Å². The number of benzene rings is 1. The van der Waals surface area contributed by atoms with E-state index in [2.05, 4.69) is 79.2 Å². The van der Waals surface area contributed by atoms with E-state index in [0.29, 0.717) is 11.8 Å². The van der Waals surface area contributed by atoms with Crippen LogP contribution in [0.5, 0.6) is 0 Å². The lowest BCUT2D eigenvalue weighted by molar-refractivity contribution is 0.381. The summed E-state index contributed by atoms with van der Waals surface area (Å²) in [6, 6.07) is 15.0. The van der Waals surface area contributed by atoms with Crippen LogP contribution in [-0.2, 0) is 5.41 Å². The summed E-state index contributed by atoms with van der Waals surface area (Å²) in [5, 5.41) is 13.5. The lowest BCUT2D eigenvalue weighted by Gasteiger charge is -2.37. The molecule has 0 aliphatic carbocycles. The molecule has 1 aliphatic rings. The molecule has 0 radical (unpaired) electrons. The van der Waals surface area contributed by atoms with E-state index in [1.54, 1.807) is 0 Å². The van der Waals surface area contributed by atoms with Crippen LogP contribution in [0.3, 0.4) is 0 Å². The van der Waals surface area contributed by atoms with E-state index in [9.17, 15) is 0 Å². The van der Waals surface area contributed by atoms with E-state index in [4.69, 9.17) is 5.10 Å². The molecule has 3 aromatic rings. The quantitative estimate of drug-likeness (QED) is 0.700. The first-order chi connectivity index (χ1) is 12.4. The minimum atomic E-state index is -0.0847. The summed E-state index contributed by atoms with van der Waals surface area (Å²) in [6.45, 7) is 10.8. The fourth-order valence-electron chi connectivity index (χ4n) is 3.96. The van der Waals surface area contributed by atoms with Crippen molar-refractivity contribution in [3.8, 4) is 0 Å². The second-order valence-corrected chi connectivity index (χ2v) is 8.46. The fourth-order valence-corrected chi connectivity index (χ4v) is 3.96. The van der Waals surface area contributed by atoms with E-state index < -0.39 is 0 Å². The minimum Gasteiger partial charge on any atom is -0.355 e. The molecule has 26 heavy (non-hydrogen) atoms. The van der Waals surface area contributed by atoms with Gasteiger partial charge in [0.2, 0.25) is 0 Å². The van der Waals surface area contributed by atoms with Crippen molar-refractivity contribution in [3.05, 3.63) is 53.9 Å². The standard InChI is InChI=1S/C21H27N5/c1-15-14-25(13-12-17(15)16-8-6-5-7-9-16)19-11-10-18-22-23-20(21(2,3)4)26(18)24-19/h5-11,15,17H,12-14H2,1-4H3. The number of hydrogen-bond acceptors (Lipinski definition) is 4. The predicted molar refractivity (Wildman–Crippen MR) is 105 cm³/mol. The zero-order valence-electron chi connectivity index (χ0n) is 16.1. The first-order valence-electron chi connectivity index (χ1n) is 9.46. The SMILES string of the molecule is CC1CN(c2ccc3nnc(C(C)(C)C)n3n2)CCC1c1ccccc1. The topological polar surface area (TPSA) is 46.3 Å². The first-order valence-corrected chi connectivity index (χ1v) is 9.46. The van der Waals surface area contributed by atoms with Gasteiger partial charge in [-0.05, 0) is 36.0 Å². The lowest BCUT2D eigenvalue weighted by Crippen LogP contribution is -2.39. The highest BCUT2D eigenvalue weighted by Crippen LogP contribution is 2.34. The number of fused-ring (bicyclic) bond motifs is 1. The molecule has 0 amide bonds. The number of anilines is 1. The maximum absolute atomic E-state index is 4.88. The third-order valence-corrected chi connectivity index (χ3v) is 5.38. The van der Waals surface area contributed by atoms with Gasteiger partial charge in [0.05, 0.1) is 0 Å². The molecule has 1 fully saturated rings. The molecule has 3 heterocycles. The maximum atomic E-state index is 4.88. The Labute approximate surface area is 155 Å². The third-order valence-electron chi connectivity index (χ3n) is 5.38. The summed E-state index contributed by atoms with van der Waals surface area (Å²) >= 11 is 0. The molecular formula is C21H27N5. The van der Waals surface area contributed by atoms with Gasteiger partial charge in [-0.3, -0.25) is 0 Å². The summed E-state index contributed by atoms with van der Waals surface area (Å²) in [4.78, 5) is 2.40. The van der Waals surface area contributed by atoms with Crippen LogP contribution in [0, 0.1) is 5.92 Å². The highest BCUT2D eigenvalue weighted by molar-refractivity contribution is 5.47. The third kappa shape index (κ3) is 3.06. The van der Waals surface area contributed by atoms with Crippen molar-refractivity contribution in [2.45, 2.75) is 45.4 Å². The Balaban J connectivity index is 1.59. The normalized spacial score (nSPS) is 21.3. The molecule has 5 heteroatoms. The Morgan fingerprint density at radius 2 is 1.77 bits per heavy atom. The number of aromatic nitrogens is 4. The second kappa shape index (κ2) is 6.38. The van der Waals surface area contributed by atoms with Gasteiger partial charge >= 0.3 is 0 Å². The van der Waals surface area contributed by atoms with Crippen LogP contribution in [0.15, 0.2) is 42.5 Å². The second-order valence-electron chi connectivity index (χ2n) is 8.46. The van der Waals surface area contributed by atoms with Gasteiger partial charge in [0.25, 0.3) is 0 Å². The predicted octanol–water partition coefficient (Wildman–Crippen LogP) is 4.05. The molecule has 1 aromatic carbocycles. The Morgan fingerprint density at radius 1 is 1.00 bits per heavy atom. The molecule has 5 nitrogen and oxygen atoms in total. The number of nitrogens with zero attached hydrogens (tertiary/aromatic N) is 5. The molecule has 4 rings (SSSR count). The number of piperidine rings is 1. The molecule has 1 aliphatic heterocycles. The van der Waals surface area contributed by atoms with Gasteiger partial charge in [0.1, 0.15) is 5.82 Å². The Hall–Kier alpha value is -2.43. The summed E-state index contributed by atoms with van der Waals surface area (Å²) in [7, 11) is 0. The van der Waals surface area contributed by atoms with E-state index in [1.165, 1.54) is 5.56 Å². The van der Waals surface area contributed by atoms with E-state index in [1.807, 2.05) is 10.6 Å². The van der Waals surface area contributed by atoms with Crippen LogP contribution in [0.1, 0.15) is 51.4 Å². The molecule has 2 atom stereocenters. The van der Waals surface area contributed by atoms with Crippen LogP contribution < -0.4 is 4.90 Å². The van der Waals surface area contributed by atoms with Gasteiger partial charge in [0.15, 0.2) is 11.5 Å². The Morgan fingerprint density at radius 3 is 2.46 bits per heavy atom. The average molecular weight is 349 g/mol. The maximum Gasteiger partial charge on any atom is 0.178 e. The Bertz CT molecular complexity index is 894. The zero-order valence-corrected chi connectivity index (χ0v) is 16.1. The van der Waals surface area contributed by atoms with Crippen molar-refractivity contribution >= 4 is 11.5 Å². The van der Waals surface area contributed by atoms with Crippen LogP contribution >= 0.6 is 0 Å². The average Bonchev–Trinajstić information content (AvgIpc) is 3.06. The van der Waals surface area contributed by atoms with Crippen LogP contribution in [-0.4, -0.2) is 32.9 Å². The highest BCUT2D eigenvalue weighted by Gasteiger charge is 2.28. The monoisotopic (exact) mass is 349 g/mol. The smallest absolute Gasteiger partial charge is 0.178 e. The summed E-state index contributed by atoms with van der Waals surface area (Å²) in [6.07, 6.45) is 1.15. The van der Waals surface area contributed by atoms with Gasteiger partial charge < -0.3 is 4.90 Å². The van der Waals surface area contributed by atoms with Gasteiger partial charge in [-0.15, -0.1) is 15.3 Å². The molecule has 2 unspecified atom stereocenters. The highest BCUT2D eigenvalue weighted by atomic mass is 15.4. The van der Waals surface area contributed by atoms with Crippen molar-refractivity contribution < 1.29 is 0 Å². The van der Waals surface area contributed by atoms with Crippen molar-refractivity contribution in [1.82, 2.24) is 19.8 Å². The number of rotatable bonds is 2. The van der Waals surface area contributed by atoms with Gasteiger partial charge in [-0.1, -0.05) is 58.0 Å². The van der Waals surface area contributed by atoms with Crippen LogP contribution in [0.4, 0.5) is 5.82 Å².